The van der Waals surface area contributed by atoms with E-state index in [2.05, 4.69) is 10.6 Å². The molecule has 0 aliphatic heterocycles. The number of furan rings is 1. The Morgan fingerprint density at radius 2 is 2.12 bits per heavy atom. The van der Waals surface area contributed by atoms with Gasteiger partial charge in [0.1, 0.15) is 17.1 Å². The van der Waals surface area contributed by atoms with Crippen LogP contribution in [0.25, 0.3) is 0 Å². The van der Waals surface area contributed by atoms with Gasteiger partial charge in [0.2, 0.25) is 0 Å². The topological polar surface area (TPSA) is 83.7 Å². The Kier molecular flexibility index (Phi) is 5.64. The molecule has 130 valence electrons. The zero-order chi connectivity index (χ0) is 17.7. The van der Waals surface area contributed by atoms with Crippen molar-refractivity contribution < 1.29 is 19.1 Å². The van der Waals surface area contributed by atoms with Crippen molar-refractivity contribution in [1.82, 2.24) is 5.32 Å². The molecule has 0 spiro atoms. The van der Waals surface area contributed by atoms with E-state index >= 15 is 0 Å². The summed E-state index contributed by atoms with van der Waals surface area (Å²) in [6.45, 7) is 5.35. The van der Waals surface area contributed by atoms with Crippen LogP contribution in [0.2, 0.25) is 0 Å². The molecule has 2 unspecified atom stereocenters. The number of rotatable bonds is 6. The maximum atomic E-state index is 12.1. The molecule has 0 radical (unpaired) electrons. The molecule has 1 heterocycles. The van der Waals surface area contributed by atoms with Gasteiger partial charge in [-0.15, -0.1) is 0 Å². The van der Waals surface area contributed by atoms with E-state index in [4.69, 9.17) is 9.15 Å². The molecule has 2 amide bonds. The van der Waals surface area contributed by atoms with Gasteiger partial charge in [-0.2, -0.15) is 0 Å². The number of carbonyl (C=O) groups is 1. The fourth-order valence-corrected chi connectivity index (χ4v) is 2.24. The number of aliphatic hydroxyl groups is 1. The molecule has 0 saturated carbocycles. The van der Waals surface area contributed by atoms with Gasteiger partial charge < -0.3 is 24.9 Å². The third-order valence-electron chi connectivity index (χ3n) is 3.83. The highest BCUT2D eigenvalue weighted by Gasteiger charge is 2.27. The lowest BCUT2D eigenvalue weighted by Crippen LogP contribution is -2.40. The van der Waals surface area contributed by atoms with Gasteiger partial charge in [-0.25, -0.2) is 4.79 Å². The quantitative estimate of drug-likeness (QED) is 0.757. The molecule has 0 bridgehead atoms. The first-order valence-electron chi connectivity index (χ1n) is 7.79. The zero-order valence-corrected chi connectivity index (χ0v) is 14.4. The minimum atomic E-state index is -1.28. The molecule has 2 aromatic rings. The molecule has 2 rings (SSSR count). The Morgan fingerprint density at radius 3 is 2.75 bits per heavy atom. The molecule has 24 heavy (non-hydrogen) atoms. The molecule has 2 atom stereocenters. The van der Waals surface area contributed by atoms with E-state index in [0.29, 0.717) is 17.2 Å². The second-order valence-electron chi connectivity index (χ2n) is 6.00. The number of urea groups is 1. The van der Waals surface area contributed by atoms with Gasteiger partial charge in [0.25, 0.3) is 0 Å². The molecular formula is C18H24N2O4. The van der Waals surface area contributed by atoms with Crippen LogP contribution in [0.15, 0.2) is 40.8 Å². The van der Waals surface area contributed by atoms with Crippen molar-refractivity contribution in [3.63, 3.8) is 0 Å². The van der Waals surface area contributed by atoms with Crippen LogP contribution in [0.1, 0.15) is 37.0 Å². The van der Waals surface area contributed by atoms with Crippen LogP contribution in [-0.4, -0.2) is 24.8 Å². The summed E-state index contributed by atoms with van der Waals surface area (Å²) >= 11 is 0. The summed E-state index contributed by atoms with van der Waals surface area (Å²) in [6.07, 6.45) is -0.0577. The standard InChI is InChI=1S/C18H24N2O4/c1-12-8-9-16(24-12)18(3,22)11-19-17(21)20-15-7-5-6-14(10-15)13(2)23-4/h5-10,13,22H,11H2,1-4H3,(H2,19,20,21). The van der Waals surface area contributed by atoms with E-state index in [1.807, 2.05) is 25.1 Å². The molecule has 0 aliphatic rings. The van der Waals surface area contributed by atoms with Crippen LogP contribution < -0.4 is 10.6 Å². The molecule has 0 fully saturated rings. The van der Waals surface area contributed by atoms with Crippen molar-refractivity contribution in [2.24, 2.45) is 0 Å². The minimum Gasteiger partial charge on any atom is -0.463 e. The van der Waals surface area contributed by atoms with Crippen LogP contribution >= 0.6 is 0 Å². The third kappa shape index (κ3) is 4.59. The predicted molar refractivity (Wildman–Crippen MR) is 91.9 cm³/mol. The normalized spacial score (nSPS) is 14.7. The molecule has 0 saturated heterocycles. The average Bonchev–Trinajstić information content (AvgIpc) is 3.00. The summed E-state index contributed by atoms with van der Waals surface area (Å²) in [5.41, 5.74) is 0.341. The number of nitrogens with one attached hydrogen (secondary N) is 2. The number of methoxy groups -OCH3 is 1. The molecular weight excluding hydrogens is 308 g/mol. The van der Waals surface area contributed by atoms with Gasteiger partial charge in [-0.05, 0) is 50.6 Å². The van der Waals surface area contributed by atoms with Gasteiger partial charge in [0, 0.05) is 12.8 Å². The number of anilines is 1. The van der Waals surface area contributed by atoms with E-state index in [1.165, 1.54) is 0 Å². The maximum Gasteiger partial charge on any atom is 0.319 e. The highest BCUT2D eigenvalue weighted by Crippen LogP contribution is 2.22. The number of ether oxygens (including phenoxy) is 1. The average molecular weight is 332 g/mol. The van der Waals surface area contributed by atoms with Gasteiger partial charge in [-0.3, -0.25) is 0 Å². The molecule has 1 aromatic heterocycles. The lowest BCUT2D eigenvalue weighted by molar-refractivity contribution is 0.0364. The third-order valence-corrected chi connectivity index (χ3v) is 3.83. The highest BCUT2D eigenvalue weighted by atomic mass is 16.5. The summed E-state index contributed by atoms with van der Waals surface area (Å²) in [5.74, 6) is 1.12. The first-order chi connectivity index (χ1) is 11.3. The first kappa shape index (κ1) is 18.0. The van der Waals surface area contributed by atoms with Gasteiger partial charge in [0.05, 0.1) is 12.6 Å². The number of benzene rings is 1. The maximum absolute atomic E-state index is 12.1. The van der Waals surface area contributed by atoms with Crippen molar-refractivity contribution in [1.29, 1.82) is 0 Å². The van der Waals surface area contributed by atoms with E-state index < -0.39 is 11.6 Å². The van der Waals surface area contributed by atoms with Crippen molar-refractivity contribution in [2.75, 3.05) is 19.0 Å². The Bertz CT molecular complexity index is 694. The Labute approximate surface area is 141 Å². The van der Waals surface area contributed by atoms with Crippen LogP contribution in [0.5, 0.6) is 0 Å². The van der Waals surface area contributed by atoms with Crippen LogP contribution in [0.3, 0.4) is 0 Å². The molecule has 6 nitrogen and oxygen atoms in total. The predicted octanol–water partition coefficient (Wildman–Crippen LogP) is 3.32. The van der Waals surface area contributed by atoms with E-state index in [9.17, 15) is 9.90 Å². The second-order valence-corrected chi connectivity index (χ2v) is 6.00. The fraction of sp³-hybridized carbons (Fsp3) is 0.389. The van der Waals surface area contributed by atoms with Gasteiger partial charge >= 0.3 is 6.03 Å². The molecule has 1 aromatic carbocycles. The highest BCUT2D eigenvalue weighted by molar-refractivity contribution is 5.89. The van der Waals surface area contributed by atoms with Gasteiger partial charge in [-0.1, -0.05) is 12.1 Å². The summed E-state index contributed by atoms with van der Waals surface area (Å²) in [5, 5.41) is 15.8. The summed E-state index contributed by atoms with van der Waals surface area (Å²) in [6, 6.07) is 10.5. The Balaban J connectivity index is 1.94. The number of amides is 2. The number of hydrogen-bond acceptors (Lipinski definition) is 4. The van der Waals surface area contributed by atoms with Crippen molar-refractivity contribution in [3.05, 3.63) is 53.5 Å². The molecule has 3 N–H and O–H groups in total. The monoisotopic (exact) mass is 332 g/mol. The zero-order valence-electron chi connectivity index (χ0n) is 14.4. The largest absolute Gasteiger partial charge is 0.463 e. The van der Waals surface area contributed by atoms with E-state index in [0.717, 1.165) is 5.56 Å². The Morgan fingerprint density at radius 1 is 1.38 bits per heavy atom. The van der Waals surface area contributed by atoms with Crippen molar-refractivity contribution in [3.8, 4) is 0 Å². The van der Waals surface area contributed by atoms with E-state index in [1.54, 1.807) is 39.2 Å². The van der Waals surface area contributed by atoms with Crippen molar-refractivity contribution >= 4 is 11.7 Å². The van der Waals surface area contributed by atoms with Crippen LogP contribution in [0, 0.1) is 6.92 Å². The van der Waals surface area contributed by atoms with Gasteiger partial charge in [0.15, 0.2) is 0 Å². The van der Waals surface area contributed by atoms with Crippen molar-refractivity contribution in [2.45, 2.75) is 32.5 Å². The first-order valence-corrected chi connectivity index (χ1v) is 7.79. The van der Waals surface area contributed by atoms with Crippen LogP contribution in [-0.2, 0) is 10.3 Å². The number of carbonyl (C=O) groups excluding carboxylic acids is 1. The lowest BCUT2D eigenvalue weighted by Gasteiger charge is -2.21. The van der Waals surface area contributed by atoms with E-state index in [-0.39, 0.29) is 12.6 Å². The van der Waals surface area contributed by atoms with Crippen LogP contribution in [0.4, 0.5) is 10.5 Å². The number of aryl methyl sites for hydroxylation is 1. The lowest BCUT2D eigenvalue weighted by atomic mass is 10.0. The molecule has 0 aliphatic carbocycles. The summed E-state index contributed by atoms with van der Waals surface area (Å²) < 4.78 is 10.7. The summed E-state index contributed by atoms with van der Waals surface area (Å²) in [4.78, 5) is 12.1. The summed E-state index contributed by atoms with van der Waals surface area (Å²) in [7, 11) is 1.63. The fourth-order valence-electron chi connectivity index (χ4n) is 2.24. The molecule has 6 heteroatoms. The number of hydrogen-bond donors (Lipinski definition) is 3. The second kappa shape index (κ2) is 7.51. The minimum absolute atomic E-state index is 0.0277. The smallest absolute Gasteiger partial charge is 0.319 e. The SMILES string of the molecule is COC(C)c1cccc(NC(=O)NCC(C)(O)c2ccc(C)o2)c1. The Hall–Kier alpha value is -2.31.